The minimum absolute atomic E-state index is 0.0647. The van der Waals surface area contributed by atoms with Crippen molar-refractivity contribution in [1.29, 1.82) is 0 Å². The van der Waals surface area contributed by atoms with Crippen LogP contribution in [0.1, 0.15) is 52.1 Å². The van der Waals surface area contributed by atoms with E-state index in [1.54, 1.807) is 0 Å². The van der Waals surface area contributed by atoms with Crippen molar-refractivity contribution in [2.75, 3.05) is 0 Å². The van der Waals surface area contributed by atoms with Crippen molar-refractivity contribution in [3.8, 4) is 0 Å². The maximum absolute atomic E-state index is 12.1. The van der Waals surface area contributed by atoms with E-state index >= 15 is 0 Å². The van der Waals surface area contributed by atoms with Crippen LogP contribution < -0.4 is 10.6 Å². The summed E-state index contributed by atoms with van der Waals surface area (Å²) in [5.74, 6) is 0.0647. The highest BCUT2D eigenvalue weighted by molar-refractivity contribution is 9.10. The van der Waals surface area contributed by atoms with Gasteiger partial charge in [-0.2, -0.15) is 0 Å². The van der Waals surface area contributed by atoms with Gasteiger partial charge in [-0.3, -0.25) is 10.1 Å². The molecule has 0 radical (unpaired) electrons. The second-order valence-corrected chi connectivity index (χ2v) is 6.28. The first-order valence-electron chi connectivity index (χ1n) is 7.26. The number of benzene rings is 1. The monoisotopic (exact) mass is 340 g/mol. The van der Waals surface area contributed by atoms with Crippen LogP contribution in [0.25, 0.3) is 0 Å². The van der Waals surface area contributed by atoms with Gasteiger partial charge < -0.3 is 5.32 Å². The molecule has 0 spiro atoms. The Kier molecular flexibility index (Phi) is 7.24. The predicted octanol–water partition coefficient (Wildman–Crippen LogP) is 3.79. The first-order valence-corrected chi connectivity index (χ1v) is 8.05. The fourth-order valence-electron chi connectivity index (χ4n) is 2.17. The maximum Gasteiger partial charge on any atom is 0.237 e. The molecule has 2 N–H and O–H groups in total. The number of halogens is 1. The van der Waals surface area contributed by atoms with Crippen LogP contribution in [-0.2, 0) is 4.79 Å². The van der Waals surface area contributed by atoms with E-state index in [-0.39, 0.29) is 24.0 Å². The fraction of sp³-hybridized carbons (Fsp3) is 0.562. The van der Waals surface area contributed by atoms with E-state index in [4.69, 9.17) is 0 Å². The molecule has 0 saturated heterocycles. The van der Waals surface area contributed by atoms with Crippen molar-refractivity contribution in [1.82, 2.24) is 10.6 Å². The van der Waals surface area contributed by atoms with Gasteiger partial charge in [0, 0.05) is 16.6 Å². The van der Waals surface area contributed by atoms with Gasteiger partial charge in [0.1, 0.15) is 0 Å². The third-order valence-electron chi connectivity index (χ3n) is 3.37. The maximum atomic E-state index is 12.1. The molecule has 0 aromatic heterocycles. The Hall–Kier alpha value is -0.870. The summed E-state index contributed by atoms with van der Waals surface area (Å²) in [5.41, 5.74) is 1.18. The normalized spacial score (nSPS) is 15.4. The van der Waals surface area contributed by atoms with Gasteiger partial charge in [-0.05, 0) is 44.9 Å². The molecule has 1 aromatic rings. The molecule has 0 aliphatic heterocycles. The minimum Gasteiger partial charge on any atom is -0.352 e. The van der Waals surface area contributed by atoms with Crippen LogP contribution in [0.5, 0.6) is 0 Å². The third kappa shape index (κ3) is 5.63. The van der Waals surface area contributed by atoms with E-state index < -0.39 is 0 Å². The summed E-state index contributed by atoms with van der Waals surface area (Å²) in [5, 5.41) is 6.37. The Morgan fingerprint density at radius 3 is 2.35 bits per heavy atom. The lowest BCUT2D eigenvalue weighted by Gasteiger charge is -2.22. The van der Waals surface area contributed by atoms with E-state index in [9.17, 15) is 4.79 Å². The van der Waals surface area contributed by atoms with E-state index in [2.05, 4.69) is 52.5 Å². The molecule has 0 fully saturated rings. The zero-order valence-electron chi connectivity index (χ0n) is 12.7. The zero-order chi connectivity index (χ0) is 15.1. The summed E-state index contributed by atoms with van der Waals surface area (Å²) in [7, 11) is 0. The highest BCUT2D eigenvalue weighted by Crippen LogP contribution is 2.16. The van der Waals surface area contributed by atoms with Crippen LogP contribution >= 0.6 is 15.9 Å². The minimum atomic E-state index is -0.201. The standard InChI is InChI=1S/C16H25BrN2O/c1-5-6-11(2)18-16(20)13(4)19-12(3)14-7-9-15(17)10-8-14/h7-13,19H,5-6H2,1-4H3,(H,18,20)/t11?,12-,13?/m0/s1. The molecule has 3 atom stereocenters. The Morgan fingerprint density at radius 1 is 1.20 bits per heavy atom. The lowest BCUT2D eigenvalue weighted by atomic mass is 10.1. The Labute approximate surface area is 130 Å². The van der Waals surface area contributed by atoms with Crippen molar-refractivity contribution < 1.29 is 4.79 Å². The number of nitrogens with one attached hydrogen (secondary N) is 2. The quantitative estimate of drug-likeness (QED) is 0.792. The molecule has 0 saturated carbocycles. The third-order valence-corrected chi connectivity index (χ3v) is 3.90. The summed E-state index contributed by atoms with van der Waals surface area (Å²) in [6.07, 6.45) is 2.10. The van der Waals surface area contributed by atoms with E-state index in [0.29, 0.717) is 0 Å². The SMILES string of the molecule is CCCC(C)NC(=O)C(C)N[C@@H](C)c1ccc(Br)cc1. The van der Waals surface area contributed by atoms with Gasteiger partial charge in [-0.25, -0.2) is 0 Å². The summed E-state index contributed by atoms with van der Waals surface area (Å²) in [4.78, 5) is 12.1. The summed E-state index contributed by atoms with van der Waals surface area (Å²) >= 11 is 3.43. The van der Waals surface area contributed by atoms with Crippen molar-refractivity contribution in [2.45, 2.75) is 58.7 Å². The van der Waals surface area contributed by atoms with Gasteiger partial charge in [-0.1, -0.05) is 41.4 Å². The first-order chi connectivity index (χ1) is 9.43. The molecule has 1 aromatic carbocycles. The summed E-state index contributed by atoms with van der Waals surface area (Å²) < 4.78 is 1.06. The fourth-order valence-corrected chi connectivity index (χ4v) is 2.44. The van der Waals surface area contributed by atoms with Crippen LogP contribution in [0.2, 0.25) is 0 Å². The molecule has 20 heavy (non-hydrogen) atoms. The molecule has 0 aliphatic carbocycles. The molecule has 0 bridgehead atoms. The molecule has 112 valence electrons. The Bertz CT molecular complexity index is 419. The second kappa shape index (κ2) is 8.42. The predicted molar refractivity (Wildman–Crippen MR) is 87.7 cm³/mol. The number of hydrogen-bond acceptors (Lipinski definition) is 2. The Morgan fingerprint density at radius 2 is 1.80 bits per heavy atom. The van der Waals surface area contributed by atoms with Crippen LogP contribution in [0.4, 0.5) is 0 Å². The van der Waals surface area contributed by atoms with Gasteiger partial charge in [-0.15, -0.1) is 0 Å². The average molecular weight is 341 g/mol. The topological polar surface area (TPSA) is 41.1 Å². The van der Waals surface area contributed by atoms with E-state index in [0.717, 1.165) is 17.3 Å². The largest absolute Gasteiger partial charge is 0.352 e. The highest BCUT2D eigenvalue weighted by atomic mass is 79.9. The van der Waals surface area contributed by atoms with Gasteiger partial charge in [0.15, 0.2) is 0 Å². The number of hydrogen-bond donors (Lipinski definition) is 2. The molecule has 0 heterocycles. The number of rotatable bonds is 7. The van der Waals surface area contributed by atoms with Crippen LogP contribution in [-0.4, -0.2) is 18.0 Å². The molecule has 1 amide bonds. The van der Waals surface area contributed by atoms with Crippen LogP contribution in [0.3, 0.4) is 0 Å². The molecule has 4 heteroatoms. The highest BCUT2D eigenvalue weighted by Gasteiger charge is 2.17. The van der Waals surface area contributed by atoms with Crippen molar-refractivity contribution in [2.24, 2.45) is 0 Å². The molecule has 0 aliphatic rings. The van der Waals surface area contributed by atoms with Gasteiger partial charge in [0.2, 0.25) is 5.91 Å². The van der Waals surface area contributed by atoms with E-state index in [1.165, 1.54) is 5.56 Å². The molecule has 3 nitrogen and oxygen atoms in total. The summed E-state index contributed by atoms with van der Waals surface area (Å²) in [6.45, 7) is 8.15. The number of amides is 1. The van der Waals surface area contributed by atoms with Crippen LogP contribution in [0, 0.1) is 0 Å². The van der Waals surface area contributed by atoms with E-state index in [1.807, 2.05) is 26.0 Å². The van der Waals surface area contributed by atoms with Gasteiger partial charge in [0.25, 0.3) is 0 Å². The Balaban J connectivity index is 2.50. The number of carbonyl (C=O) groups is 1. The van der Waals surface area contributed by atoms with Crippen molar-refractivity contribution in [3.63, 3.8) is 0 Å². The molecule has 1 rings (SSSR count). The van der Waals surface area contributed by atoms with Gasteiger partial charge >= 0.3 is 0 Å². The first kappa shape index (κ1) is 17.2. The summed E-state index contributed by atoms with van der Waals surface area (Å²) in [6, 6.07) is 8.33. The average Bonchev–Trinajstić information content (AvgIpc) is 2.39. The molecular weight excluding hydrogens is 316 g/mol. The zero-order valence-corrected chi connectivity index (χ0v) is 14.3. The number of carbonyl (C=O) groups excluding carboxylic acids is 1. The molecular formula is C16H25BrN2O. The lowest BCUT2D eigenvalue weighted by Crippen LogP contribution is -2.46. The van der Waals surface area contributed by atoms with Crippen molar-refractivity contribution >= 4 is 21.8 Å². The van der Waals surface area contributed by atoms with Gasteiger partial charge in [0.05, 0.1) is 6.04 Å². The van der Waals surface area contributed by atoms with Crippen LogP contribution in [0.15, 0.2) is 28.7 Å². The second-order valence-electron chi connectivity index (χ2n) is 5.36. The molecule has 2 unspecified atom stereocenters. The lowest BCUT2D eigenvalue weighted by molar-refractivity contribution is -0.123. The van der Waals surface area contributed by atoms with Crippen molar-refractivity contribution in [3.05, 3.63) is 34.3 Å². The smallest absolute Gasteiger partial charge is 0.237 e.